The van der Waals surface area contributed by atoms with Gasteiger partial charge in [0.25, 0.3) is 0 Å². The van der Waals surface area contributed by atoms with Crippen molar-refractivity contribution in [1.82, 2.24) is 14.4 Å². The van der Waals surface area contributed by atoms with Gasteiger partial charge in [0, 0.05) is 42.7 Å². The lowest BCUT2D eigenvalue weighted by molar-refractivity contribution is -0.132. The van der Waals surface area contributed by atoms with Gasteiger partial charge >= 0.3 is 6.03 Å². The first-order valence-electron chi connectivity index (χ1n) is 10.1. The molecule has 6 nitrogen and oxygen atoms in total. The number of hydrogen-bond acceptors (Lipinski definition) is 2. The Morgan fingerprint density at radius 1 is 1.03 bits per heavy atom. The summed E-state index contributed by atoms with van der Waals surface area (Å²) < 4.78 is 2.02. The molecule has 0 saturated heterocycles. The number of anilines is 1. The van der Waals surface area contributed by atoms with Crippen LogP contribution in [0.2, 0.25) is 5.02 Å². The van der Waals surface area contributed by atoms with Crippen LogP contribution < -0.4 is 5.32 Å². The largest absolute Gasteiger partial charge is 0.353 e. The predicted molar refractivity (Wildman–Crippen MR) is 118 cm³/mol. The van der Waals surface area contributed by atoms with Gasteiger partial charge in [-0.1, -0.05) is 31.9 Å². The first-order valence-corrected chi connectivity index (χ1v) is 10.5. The number of benzene rings is 1. The highest BCUT2D eigenvalue weighted by Crippen LogP contribution is 2.14. The lowest BCUT2D eigenvalue weighted by atomic mass is 10.2. The molecule has 3 amide bonds. The molecule has 0 spiro atoms. The van der Waals surface area contributed by atoms with Crippen molar-refractivity contribution >= 4 is 29.2 Å². The first kappa shape index (κ1) is 22.8. The molecule has 0 fully saturated rings. The Balaban J connectivity index is 2.06. The summed E-state index contributed by atoms with van der Waals surface area (Å²) in [7, 11) is 1.97. The second-order valence-electron chi connectivity index (χ2n) is 7.14. The molecule has 0 bridgehead atoms. The van der Waals surface area contributed by atoms with Crippen LogP contribution in [-0.2, 0) is 18.4 Å². The second kappa shape index (κ2) is 11.5. The summed E-state index contributed by atoms with van der Waals surface area (Å²) in [6.07, 6.45) is 4.68. The molecular formula is C22H31ClN4O2. The standard InChI is InChI=1S/C22H31ClN4O2/c1-4-6-15-26(16-20-8-7-14-25(20)3)21(28)17-27(13-5-2)22(29)24-19-11-9-18(23)10-12-19/h7-12,14H,4-6,13,15-17H2,1-3H3,(H,24,29). The average molecular weight is 419 g/mol. The van der Waals surface area contributed by atoms with E-state index < -0.39 is 0 Å². The minimum atomic E-state index is -0.281. The number of hydrogen-bond donors (Lipinski definition) is 1. The van der Waals surface area contributed by atoms with E-state index in [0.29, 0.717) is 30.3 Å². The van der Waals surface area contributed by atoms with Crippen molar-refractivity contribution in [3.63, 3.8) is 0 Å². The van der Waals surface area contributed by atoms with E-state index in [9.17, 15) is 9.59 Å². The maximum absolute atomic E-state index is 13.1. The number of aryl methyl sites for hydroxylation is 1. The molecule has 0 aliphatic heterocycles. The van der Waals surface area contributed by atoms with E-state index in [1.807, 2.05) is 41.8 Å². The predicted octanol–water partition coefficient (Wildman–Crippen LogP) is 4.75. The number of urea groups is 1. The van der Waals surface area contributed by atoms with Crippen LogP contribution in [0, 0.1) is 0 Å². The fourth-order valence-electron chi connectivity index (χ4n) is 3.02. The Bertz CT molecular complexity index is 788. The van der Waals surface area contributed by atoms with Gasteiger partial charge in [0.2, 0.25) is 5.91 Å². The molecule has 1 aromatic heterocycles. The van der Waals surface area contributed by atoms with Gasteiger partial charge in [-0.2, -0.15) is 0 Å². The summed E-state index contributed by atoms with van der Waals surface area (Å²) in [6, 6.07) is 10.6. The van der Waals surface area contributed by atoms with E-state index in [0.717, 1.165) is 25.0 Å². The smallest absolute Gasteiger partial charge is 0.322 e. The SMILES string of the molecule is CCCCN(Cc1cccn1C)C(=O)CN(CCC)C(=O)Nc1ccc(Cl)cc1. The molecular weight excluding hydrogens is 388 g/mol. The minimum absolute atomic E-state index is 0.0423. The second-order valence-corrected chi connectivity index (χ2v) is 7.57. The summed E-state index contributed by atoms with van der Waals surface area (Å²) in [5.41, 5.74) is 1.72. The van der Waals surface area contributed by atoms with Crippen LogP contribution in [-0.4, -0.2) is 45.9 Å². The number of carbonyl (C=O) groups is 2. The number of unbranched alkanes of at least 4 members (excludes halogenated alkanes) is 1. The number of nitrogens with zero attached hydrogens (tertiary/aromatic N) is 3. The molecule has 29 heavy (non-hydrogen) atoms. The zero-order valence-electron chi connectivity index (χ0n) is 17.5. The highest BCUT2D eigenvalue weighted by Gasteiger charge is 2.21. The number of aromatic nitrogens is 1. The van der Waals surface area contributed by atoms with Crippen LogP contribution in [0.1, 0.15) is 38.8 Å². The fourth-order valence-corrected chi connectivity index (χ4v) is 3.14. The van der Waals surface area contributed by atoms with Crippen molar-refractivity contribution in [2.75, 3.05) is 25.0 Å². The number of nitrogens with one attached hydrogen (secondary N) is 1. The summed E-state index contributed by atoms with van der Waals surface area (Å²) >= 11 is 5.90. The van der Waals surface area contributed by atoms with E-state index in [4.69, 9.17) is 11.6 Å². The first-order chi connectivity index (χ1) is 13.9. The van der Waals surface area contributed by atoms with Gasteiger partial charge in [0.15, 0.2) is 0 Å². The quantitative estimate of drug-likeness (QED) is 0.605. The van der Waals surface area contributed by atoms with Crippen LogP contribution in [0.15, 0.2) is 42.6 Å². The molecule has 1 N–H and O–H groups in total. The summed E-state index contributed by atoms with van der Waals surface area (Å²) in [4.78, 5) is 29.2. The highest BCUT2D eigenvalue weighted by atomic mass is 35.5. The van der Waals surface area contributed by atoms with Crippen LogP contribution in [0.4, 0.5) is 10.5 Å². The Hall–Kier alpha value is -2.47. The van der Waals surface area contributed by atoms with Crippen LogP contribution in [0.25, 0.3) is 0 Å². The van der Waals surface area contributed by atoms with Crippen molar-refractivity contribution in [3.8, 4) is 0 Å². The molecule has 0 aliphatic carbocycles. The topological polar surface area (TPSA) is 57.6 Å². The lowest BCUT2D eigenvalue weighted by Gasteiger charge is -2.28. The van der Waals surface area contributed by atoms with E-state index in [1.54, 1.807) is 29.2 Å². The van der Waals surface area contributed by atoms with Gasteiger partial charge in [-0.05, 0) is 49.2 Å². The Morgan fingerprint density at radius 3 is 2.34 bits per heavy atom. The van der Waals surface area contributed by atoms with Crippen molar-refractivity contribution in [2.24, 2.45) is 7.05 Å². The van der Waals surface area contributed by atoms with Gasteiger partial charge in [-0.15, -0.1) is 0 Å². The van der Waals surface area contributed by atoms with Gasteiger partial charge in [0.05, 0.1) is 6.54 Å². The molecule has 158 valence electrons. The highest BCUT2D eigenvalue weighted by molar-refractivity contribution is 6.30. The van der Waals surface area contributed by atoms with E-state index in [1.165, 1.54) is 0 Å². The monoisotopic (exact) mass is 418 g/mol. The third kappa shape index (κ3) is 7.13. The maximum atomic E-state index is 13.1. The van der Waals surface area contributed by atoms with Gasteiger partial charge in [-0.25, -0.2) is 4.79 Å². The Labute approximate surface area is 178 Å². The molecule has 2 aromatic rings. The number of rotatable bonds is 10. The van der Waals surface area contributed by atoms with Crippen molar-refractivity contribution in [3.05, 3.63) is 53.3 Å². The van der Waals surface area contributed by atoms with Crippen LogP contribution in [0.5, 0.6) is 0 Å². The number of halogens is 1. The molecule has 0 unspecified atom stereocenters. The zero-order chi connectivity index (χ0) is 21.2. The van der Waals surface area contributed by atoms with Gasteiger partial charge in [-0.3, -0.25) is 4.79 Å². The summed E-state index contributed by atoms with van der Waals surface area (Å²) in [5.74, 6) is -0.0423. The summed E-state index contributed by atoms with van der Waals surface area (Å²) in [6.45, 7) is 5.89. The van der Waals surface area contributed by atoms with E-state index in [-0.39, 0.29) is 18.5 Å². The van der Waals surface area contributed by atoms with E-state index >= 15 is 0 Å². The van der Waals surface area contributed by atoms with Crippen molar-refractivity contribution in [1.29, 1.82) is 0 Å². The average Bonchev–Trinajstić information content (AvgIpc) is 3.10. The van der Waals surface area contributed by atoms with Gasteiger partial charge in [0.1, 0.15) is 6.54 Å². The van der Waals surface area contributed by atoms with E-state index in [2.05, 4.69) is 12.2 Å². The molecule has 0 aliphatic rings. The van der Waals surface area contributed by atoms with Crippen LogP contribution in [0.3, 0.4) is 0 Å². The molecule has 1 aromatic carbocycles. The Morgan fingerprint density at radius 2 is 1.76 bits per heavy atom. The molecule has 0 atom stereocenters. The third-order valence-electron chi connectivity index (χ3n) is 4.74. The molecule has 7 heteroatoms. The van der Waals surface area contributed by atoms with Crippen molar-refractivity contribution < 1.29 is 9.59 Å². The molecule has 0 saturated carbocycles. The number of carbonyl (C=O) groups excluding carboxylic acids is 2. The third-order valence-corrected chi connectivity index (χ3v) is 4.99. The maximum Gasteiger partial charge on any atom is 0.322 e. The molecule has 1 heterocycles. The fraction of sp³-hybridized carbons (Fsp3) is 0.455. The van der Waals surface area contributed by atoms with Crippen molar-refractivity contribution in [2.45, 2.75) is 39.7 Å². The molecule has 2 rings (SSSR count). The van der Waals surface area contributed by atoms with Crippen LogP contribution >= 0.6 is 11.6 Å². The minimum Gasteiger partial charge on any atom is -0.353 e. The van der Waals surface area contributed by atoms with Gasteiger partial charge < -0.3 is 19.7 Å². The normalized spacial score (nSPS) is 10.6. The Kier molecular flexibility index (Phi) is 9.06. The zero-order valence-corrected chi connectivity index (χ0v) is 18.3. The molecule has 0 radical (unpaired) electrons. The lowest BCUT2D eigenvalue weighted by Crippen LogP contribution is -2.45. The number of amides is 3. The summed E-state index contributed by atoms with van der Waals surface area (Å²) in [5, 5.41) is 3.46.